The number of halogens is 1. The maximum Gasteiger partial charge on any atom is 0.226 e. The Kier molecular flexibility index (Phi) is 4.31. The molecule has 0 unspecified atom stereocenters. The SMILES string of the molecule is NCCCCCC(=O)N1CCc2ccc(F)cc21. The van der Waals surface area contributed by atoms with Gasteiger partial charge in [-0.15, -0.1) is 0 Å². The average Bonchev–Trinajstić information content (AvgIpc) is 2.77. The van der Waals surface area contributed by atoms with E-state index < -0.39 is 0 Å². The zero-order chi connectivity index (χ0) is 13.0. The quantitative estimate of drug-likeness (QED) is 0.815. The lowest BCUT2D eigenvalue weighted by Gasteiger charge is -2.17. The van der Waals surface area contributed by atoms with Crippen LogP contribution in [0.1, 0.15) is 31.2 Å². The molecular weight excluding hydrogens is 231 g/mol. The molecule has 0 saturated carbocycles. The number of unbranched alkanes of at least 4 members (excludes halogenated alkanes) is 2. The lowest BCUT2D eigenvalue weighted by Crippen LogP contribution is -2.28. The maximum absolute atomic E-state index is 13.2. The summed E-state index contributed by atoms with van der Waals surface area (Å²) in [5.74, 6) is -0.187. The molecule has 18 heavy (non-hydrogen) atoms. The molecule has 0 spiro atoms. The molecule has 1 aromatic rings. The molecule has 98 valence electrons. The second kappa shape index (κ2) is 5.96. The summed E-state index contributed by atoms with van der Waals surface area (Å²) in [6.45, 7) is 1.35. The topological polar surface area (TPSA) is 46.3 Å². The van der Waals surface area contributed by atoms with Crippen molar-refractivity contribution in [3.63, 3.8) is 0 Å². The first kappa shape index (κ1) is 13.0. The molecule has 0 aromatic heterocycles. The van der Waals surface area contributed by atoms with Crippen LogP contribution in [0, 0.1) is 5.82 Å². The van der Waals surface area contributed by atoms with E-state index in [1.807, 2.05) is 0 Å². The zero-order valence-electron chi connectivity index (χ0n) is 10.5. The molecule has 2 rings (SSSR count). The van der Waals surface area contributed by atoms with Crippen molar-refractivity contribution in [3.05, 3.63) is 29.6 Å². The number of hydrogen-bond acceptors (Lipinski definition) is 2. The summed E-state index contributed by atoms with van der Waals surface area (Å²) in [4.78, 5) is 13.8. The summed E-state index contributed by atoms with van der Waals surface area (Å²) < 4.78 is 13.2. The largest absolute Gasteiger partial charge is 0.330 e. The Morgan fingerprint density at radius 1 is 1.33 bits per heavy atom. The van der Waals surface area contributed by atoms with Gasteiger partial charge in [0.15, 0.2) is 0 Å². The second-order valence-corrected chi connectivity index (χ2v) is 4.67. The maximum atomic E-state index is 13.2. The fraction of sp³-hybridized carbons (Fsp3) is 0.500. The molecule has 1 aliphatic rings. The van der Waals surface area contributed by atoms with Gasteiger partial charge >= 0.3 is 0 Å². The number of benzene rings is 1. The molecule has 1 aromatic carbocycles. The minimum Gasteiger partial charge on any atom is -0.330 e. The number of anilines is 1. The number of amides is 1. The van der Waals surface area contributed by atoms with Gasteiger partial charge in [0.05, 0.1) is 0 Å². The predicted octanol–water partition coefficient (Wildman–Crippen LogP) is 2.23. The number of nitrogens with two attached hydrogens (primary N) is 1. The van der Waals surface area contributed by atoms with Gasteiger partial charge in [0.1, 0.15) is 5.82 Å². The zero-order valence-corrected chi connectivity index (χ0v) is 10.5. The Morgan fingerprint density at radius 3 is 2.94 bits per heavy atom. The van der Waals surface area contributed by atoms with Crippen molar-refractivity contribution in [2.24, 2.45) is 5.73 Å². The van der Waals surface area contributed by atoms with Crippen molar-refractivity contribution < 1.29 is 9.18 Å². The first-order valence-corrected chi connectivity index (χ1v) is 6.51. The first-order chi connectivity index (χ1) is 8.72. The molecule has 4 heteroatoms. The van der Waals surface area contributed by atoms with Crippen molar-refractivity contribution in [3.8, 4) is 0 Å². The van der Waals surface area contributed by atoms with Gasteiger partial charge in [-0.1, -0.05) is 12.5 Å². The number of carbonyl (C=O) groups is 1. The predicted molar refractivity (Wildman–Crippen MR) is 70.0 cm³/mol. The minimum absolute atomic E-state index is 0.0939. The smallest absolute Gasteiger partial charge is 0.226 e. The van der Waals surface area contributed by atoms with Crippen LogP contribution >= 0.6 is 0 Å². The Hall–Kier alpha value is -1.42. The highest BCUT2D eigenvalue weighted by Gasteiger charge is 2.24. The normalized spacial score (nSPS) is 13.8. The molecule has 1 aliphatic heterocycles. The summed E-state index contributed by atoms with van der Waals surface area (Å²) in [6, 6.07) is 4.68. The van der Waals surface area contributed by atoms with Crippen LogP contribution in [0.3, 0.4) is 0 Å². The van der Waals surface area contributed by atoms with Crippen LogP contribution < -0.4 is 10.6 Å². The van der Waals surface area contributed by atoms with Crippen molar-refractivity contribution in [1.82, 2.24) is 0 Å². The molecule has 1 heterocycles. The Morgan fingerprint density at radius 2 is 2.17 bits per heavy atom. The van der Waals surface area contributed by atoms with Gasteiger partial charge in [-0.05, 0) is 43.5 Å². The summed E-state index contributed by atoms with van der Waals surface area (Å²) in [5, 5.41) is 0. The molecule has 0 atom stereocenters. The number of hydrogen-bond donors (Lipinski definition) is 1. The van der Waals surface area contributed by atoms with Crippen LogP contribution in [0.5, 0.6) is 0 Å². The van der Waals surface area contributed by atoms with Crippen LogP contribution in [0.25, 0.3) is 0 Å². The third-order valence-corrected chi connectivity index (χ3v) is 3.34. The van der Waals surface area contributed by atoms with E-state index in [2.05, 4.69) is 0 Å². The highest BCUT2D eigenvalue weighted by Crippen LogP contribution is 2.29. The highest BCUT2D eigenvalue weighted by atomic mass is 19.1. The Balaban J connectivity index is 1.95. The van der Waals surface area contributed by atoms with Gasteiger partial charge in [-0.25, -0.2) is 4.39 Å². The molecule has 0 fully saturated rings. The van der Waals surface area contributed by atoms with E-state index >= 15 is 0 Å². The molecule has 3 nitrogen and oxygen atoms in total. The molecule has 0 bridgehead atoms. The summed E-state index contributed by atoms with van der Waals surface area (Å²) >= 11 is 0. The third kappa shape index (κ3) is 2.88. The number of carbonyl (C=O) groups excluding carboxylic acids is 1. The van der Waals surface area contributed by atoms with Crippen molar-refractivity contribution >= 4 is 11.6 Å². The van der Waals surface area contributed by atoms with E-state index in [-0.39, 0.29) is 11.7 Å². The van der Waals surface area contributed by atoms with Gasteiger partial charge in [-0.3, -0.25) is 4.79 Å². The first-order valence-electron chi connectivity index (χ1n) is 6.51. The van der Waals surface area contributed by atoms with Gasteiger partial charge in [-0.2, -0.15) is 0 Å². The summed E-state index contributed by atoms with van der Waals surface area (Å²) in [6.07, 6.45) is 4.14. The lowest BCUT2D eigenvalue weighted by molar-refractivity contribution is -0.118. The van der Waals surface area contributed by atoms with Gasteiger partial charge in [0, 0.05) is 18.7 Å². The summed E-state index contributed by atoms with van der Waals surface area (Å²) in [5.41, 5.74) is 7.22. The van der Waals surface area contributed by atoms with Crippen LogP contribution in [-0.2, 0) is 11.2 Å². The van der Waals surface area contributed by atoms with Crippen LogP contribution in [-0.4, -0.2) is 19.0 Å². The number of rotatable bonds is 5. The third-order valence-electron chi connectivity index (χ3n) is 3.34. The van der Waals surface area contributed by atoms with Crippen LogP contribution in [0.4, 0.5) is 10.1 Å². The molecular formula is C14H19FN2O. The molecule has 0 aliphatic carbocycles. The van der Waals surface area contributed by atoms with E-state index in [0.717, 1.165) is 36.9 Å². The van der Waals surface area contributed by atoms with Gasteiger partial charge in [0.2, 0.25) is 5.91 Å². The van der Waals surface area contributed by atoms with Gasteiger partial charge in [0.25, 0.3) is 0 Å². The highest BCUT2D eigenvalue weighted by molar-refractivity contribution is 5.95. The van der Waals surface area contributed by atoms with E-state index in [4.69, 9.17) is 5.73 Å². The van der Waals surface area contributed by atoms with E-state index in [1.54, 1.807) is 11.0 Å². The van der Waals surface area contributed by atoms with Gasteiger partial charge < -0.3 is 10.6 Å². The van der Waals surface area contributed by atoms with Crippen molar-refractivity contribution in [2.75, 3.05) is 18.0 Å². The van der Waals surface area contributed by atoms with Crippen molar-refractivity contribution in [2.45, 2.75) is 32.1 Å². The molecule has 0 saturated heterocycles. The van der Waals surface area contributed by atoms with E-state index in [0.29, 0.717) is 19.5 Å². The Labute approximate surface area is 107 Å². The fourth-order valence-electron chi connectivity index (χ4n) is 2.34. The fourth-order valence-corrected chi connectivity index (χ4v) is 2.34. The van der Waals surface area contributed by atoms with Crippen LogP contribution in [0.2, 0.25) is 0 Å². The average molecular weight is 250 g/mol. The molecule has 1 amide bonds. The summed E-state index contributed by atoms with van der Waals surface area (Å²) in [7, 11) is 0. The van der Waals surface area contributed by atoms with Crippen LogP contribution in [0.15, 0.2) is 18.2 Å². The molecule has 0 radical (unpaired) electrons. The van der Waals surface area contributed by atoms with E-state index in [9.17, 15) is 9.18 Å². The number of fused-ring (bicyclic) bond motifs is 1. The monoisotopic (exact) mass is 250 g/mol. The Bertz CT molecular complexity index is 434. The second-order valence-electron chi connectivity index (χ2n) is 4.67. The number of nitrogens with zero attached hydrogens (tertiary/aromatic N) is 1. The lowest BCUT2D eigenvalue weighted by atomic mass is 10.1. The van der Waals surface area contributed by atoms with Crippen molar-refractivity contribution in [1.29, 1.82) is 0 Å². The molecule has 2 N–H and O–H groups in total. The standard InChI is InChI=1S/C14H19FN2O/c15-12-6-5-11-7-9-17(13(11)10-12)14(18)4-2-1-3-8-16/h5-6,10H,1-4,7-9,16H2. The minimum atomic E-state index is -0.281. The van der Waals surface area contributed by atoms with E-state index in [1.165, 1.54) is 12.1 Å².